The second kappa shape index (κ2) is 6.22. The van der Waals surface area contributed by atoms with E-state index in [0.29, 0.717) is 6.42 Å². The van der Waals surface area contributed by atoms with Gasteiger partial charge in [0.2, 0.25) is 5.91 Å². The highest BCUT2D eigenvalue weighted by atomic mass is 19.1. The SMILES string of the molecule is Cc1ccc2c(c1)c1c3n2CCN(C(=O)Cc2ccc(F)cc2)[C@@H]3CCC1. The molecule has 0 saturated carbocycles. The third kappa shape index (κ3) is 2.66. The number of rotatable bonds is 2. The van der Waals surface area contributed by atoms with Gasteiger partial charge >= 0.3 is 0 Å². The van der Waals surface area contributed by atoms with Crippen molar-refractivity contribution in [2.75, 3.05) is 6.54 Å². The predicted octanol–water partition coefficient (Wildman–Crippen LogP) is 4.55. The van der Waals surface area contributed by atoms with E-state index in [1.54, 1.807) is 12.1 Å². The number of hydrogen-bond donors (Lipinski definition) is 0. The van der Waals surface area contributed by atoms with Crippen molar-refractivity contribution in [3.63, 3.8) is 0 Å². The molecule has 1 aliphatic carbocycles. The fourth-order valence-electron chi connectivity index (χ4n) is 4.90. The van der Waals surface area contributed by atoms with E-state index in [2.05, 4.69) is 34.6 Å². The summed E-state index contributed by atoms with van der Waals surface area (Å²) in [6, 6.07) is 13.2. The van der Waals surface area contributed by atoms with Crippen LogP contribution in [0.2, 0.25) is 0 Å². The summed E-state index contributed by atoms with van der Waals surface area (Å²) in [5, 5.41) is 1.36. The van der Waals surface area contributed by atoms with E-state index >= 15 is 0 Å². The molecule has 1 aromatic heterocycles. The molecule has 138 valence electrons. The first kappa shape index (κ1) is 16.5. The number of amides is 1. The number of aryl methyl sites for hydroxylation is 2. The molecule has 1 amide bonds. The average Bonchev–Trinajstić information content (AvgIpc) is 2.99. The average molecular weight is 362 g/mol. The van der Waals surface area contributed by atoms with Crippen LogP contribution in [-0.4, -0.2) is 21.9 Å². The summed E-state index contributed by atoms with van der Waals surface area (Å²) in [7, 11) is 0. The van der Waals surface area contributed by atoms with Crippen molar-refractivity contribution >= 4 is 16.8 Å². The molecule has 1 atom stereocenters. The van der Waals surface area contributed by atoms with Gasteiger partial charge in [0.25, 0.3) is 0 Å². The predicted molar refractivity (Wildman–Crippen MR) is 104 cm³/mol. The van der Waals surface area contributed by atoms with E-state index in [1.807, 2.05) is 0 Å². The summed E-state index contributed by atoms with van der Waals surface area (Å²) < 4.78 is 15.6. The summed E-state index contributed by atoms with van der Waals surface area (Å²) in [6.45, 7) is 3.73. The number of carbonyl (C=O) groups excluding carboxylic acids is 1. The van der Waals surface area contributed by atoms with E-state index in [9.17, 15) is 9.18 Å². The van der Waals surface area contributed by atoms with Gasteiger partial charge in [-0.25, -0.2) is 4.39 Å². The third-order valence-electron chi connectivity index (χ3n) is 6.12. The normalized spacial score (nSPS) is 18.6. The first-order valence-electron chi connectivity index (χ1n) is 9.77. The van der Waals surface area contributed by atoms with Gasteiger partial charge < -0.3 is 9.47 Å². The van der Waals surface area contributed by atoms with Crippen molar-refractivity contribution < 1.29 is 9.18 Å². The van der Waals surface area contributed by atoms with Crippen molar-refractivity contribution in [3.8, 4) is 0 Å². The second-order valence-corrected chi connectivity index (χ2v) is 7.83. The summed E-state index contributed by atoms with van der Waals surface area (Å²) >= 11 is 0. The Bertz CT molecular complexity index is 1030. The molecule has 0 bridgehead atoms. The summed E-state index contributed by atoms with van der Waals surface area (Å²) in [4.78, 5) is 15.1. The van der Waals surface area contributed by atoms with E-state index < -0.39 is 0 Å². The zero-order chi connectivity index (χ0) is 18.5. The van der Waals surface area contributed by atoms with Crippen molar-refractivity contribution in [2.24, 2.45) is 0 Å². The van der Waals surface area contributed by atoms with Crippen molar-refractivity contribution in [1.82, 2.24) is 9.47 Å². The molecule has 0 unspecified atom stereocenters. The van der Waals surface area contributed by atoms with E-state index in [1.165, 1.54) is 39.9 Å². The lowest BCUT2D eigenvalue weighted by molar-refractivity contribution is -0.134. The number of halogens is 1. The van der Waals surface area contributed by atoms with Gasteiger partial charge in [-0.2, -0.15) is 0 Å². The molecule has 0 radical (unpaired) electrons. The van der Waals surface area contributed by atoms with Crippen LogP contribution >= 0.6 is 0 Å². The van der Waals surface area contributed by atoms with Crippen LogP contribution in [-0.2, 0) is 24.2 Å². The number of fused-ring (bicyclic) bond motifs is 3. The minimum atomic E-state index is -0.263. The van der Waals surface area contributed by atoms with Gasteiger partial charge in [0.1, 0.15) is 5.82 Å². The van der Waals surface area contributed by atoms with Crippen molar-refractivity contribution in [3.05, 3.63) is 70.7 Å². The Kier molecular flexibility index (Phi) is 3.81. The number of aromatic nitrogens is 1. The molecule has 0 saturated heterocycles. The van der Waals surface area contributed by atoms with E-state index in [0.717, 1.165) is 37.9 Å². The molecule has 0 fully saturated rings. The minimum Gasteiger partial charge on any atom is -0.341 e. The minimum absolute atomic E-state index is 0.146. The number of carbonyl (C=O) groups is 1. The number of hydrogen-bond acceptors (Lipinski definition) is 1. The van der Waals surface area contributed by atoms with Crippen LogP contribution in [0.25, 0.3) is 10.9 Å². The molecule has 4 heteroatoms. The van der Waals surface area contributed by atoms with Gasteiger partial charge in [-0.15, -0.1) is 0 Å². The van der Waals surface area contributed by atoms with Crippen LogP contribution in [0, 0.1) is 12.7 Å². The van der Waals surface area contributed by atoms with Crippen LogP contribution in [0.3, 0.4) is 0 Å². The second-order valence-electron chi connectivity index (χ2n) is 7.83. The molecule has 5 rings (SSSR count). The largest absolute Gasteiger partial charge is 0.341 e. The van der Waals surface area contributed by atoms with Crippen molar-refractivity contribution in [1.29, 1.82) is 0 Å². The third-order valence-corrected chi connectivity index (χ3v) is 6.12. The van der Waals surface area contributed by atoms with Gasteiger partial charge in [0.05, 0.1) is 12.5 Å². The van der Waals surface area contributed by atoms with Gasteiger partial charge in [0, 0.05) is 29.7 Å². The molecule has 0 N–H and O–H groups in total. The highest BCUT2D eigenvalue weighted by molar-refractivity contribution is 5.88. The molecule has 2 aliphatic rings. The molecule has 2 aromatic carbocycles. The lowest BCUT2D eigenvalue weighted by Crippen LogP contribution is -2.44. The first-order valence-corrected chi connectivity index (χ1v) is 9.77. The lowest BCUT2D eigenvalue weighted by Gasteiger charge is -2.40. The fourth-order valence-corrected chi connectivity index (χ4v) is 4.90. The van der Waals surface area contributed by atoms with Gasteiger partial charge in [-0.1, -0.05) is 23.8 Å². The maximum absolute atomic E-state index is 13.1. The van der Waals surface area contributed by atoms with E-state index in [-0.39, 0.29) is 17.8 Å². The zero-order valence-corrected chi connectivity index (χ0v) is 15.5. The smallest absolute Gasteiger partial charge is 0.227 e. The molecule has 3 aromatic rings. The summed E-state index contributed by atoms with van der Waals surface area (Å²) in [5.74, 6) is -0.118. The Morgan fingerprint density at radius 3 is 2.78 bits per heavy atom. The Morgan fingerprint density at radius 1 is 1.15 bits per heavy atom. The standard InChI is InChI=1S/C23H23FN2O/c1-15-5-10-20-19(13-15)18-3-2-4-21-23(18)26(20)12-11-25(21)22(27)14-16-6-8-17(24)9-7-16/h5-10,13,21H,2-4,11-12,14H2,1H3/t21-/m1/s1. The summed E-state index contributed by atoms with van der Waals surface area (Å²) in [6.07, 6.45) is 3.58. The zero-order valence-electron chi connectivity index (χ0n) is 15.5. The topological polar surface area (TPSA) is 25.2 Å². The highest BCUT2D eigenvalue weighted by Gasteiger charge is 2.36. The number of benzene rings is 2. The molecule has 27 heavy (non-hydrogen) atoms. The van der Waals surface area contributed by atoms with Gasteiger partial charge in [-0.3, -0.25) is 4.79 Å². The maximum atomic E-state index is 13.1. The van der Waals surface area contributed by atoms with Crippen LogP contribution in [0.1, 0.15) is 41.3 Å². The molecular formula is C23H23FN2O. The maximum Gasteiger partial charge on any atom is 0.227 e. The summed E-state index contributed by atoms with van der Waals surface area (Å²) in [5.41, 5.74) is 6.25. The molecule has 2 heterocycles. The Labute approximate surface area is 158 Å². The van der Waals surface area contributed by atoms with Crippen LogP contribution < -0.4 is 0 Å². The fraction of sp³-hybridized carbons (Fsp3) is 0.348. The Morgan fingerprint density at radius 2 is 1.96 bits per heavy atom. The van der Waals surface area contributed by atoms with Crippen LogP contribution in [0.15, 0.2) is 42.5 Å². The molecule has 1 aliphatic heterocycles. The van der Waals surface area contributed by atoms with Crippen LogP contribution in [0.4, 0.5) is 4.39 Å². The van der Waals surface area contributed by atoms with Gasteiger partial charge in [0.15, 0.2) is 0 Å². The van der Waals surface area contributed by atoms with Gasteiger partial charge in [-0.05, 0) is 61.6 Å². The Hall–Kier alpha value is -2.62. The molecule has 0 spiro atoms. The number of nitrogens with zero attached hydrogens (tertiary/aromatic N) is 2. The Balaban J connectivity index is 1.51. The van der Waals surface area contributed by atoms with Crippen LogP contribution in [0.5, 0.6) is 0 Å². The van der Waals surface area contributed by atoms with E-state index in [4.69, 9.17) is 0 Å². The first-order chi connectivity index (χ1) is 13.1. The highest BCUT2D eigenvalue weighted by Crippen LogP contribution is 2.42. The quantitative estimate of drug-likeness (QED) is 0.656. The van der Waals surface area contributed by atoms with Crippen molar-refractivity contribution in [2.45, 2.75) is 45.2 Å². The molecular weight excluding hydrogens is 339 g/mol. The lowest BCUT2D eigenvalue weighted by atomic mass is 9.89. The monoisotopic (exact) mass is 362 g/mol. The molecule has 3 nitrogen and oxygen atoms in total.